The molecule has 0 amide bonds. The Labute approximate surface area is 179 Å². The van der Waals surface area contributed by atoms with Crippen LogP contribution in [0, 0.1) is 5.41 Å². The predicted molar refractivity (Wildman–Crippen MR) is 114 cm³/mol. The number of para-hydroxylation sites is 1. The molecule has 4 nitrogen and oxygen atoms in total. The van der Waals surface area contributed by atoms with Crippen LogP contribution < -0.4 is 0 Å². The second-order valence-electron chi connectivity index (χ2n) is 8.91. The summed E-state index contributed by atoms with van der Waals surface area (Å²) in [4.78, 5) is 16.1. The standard InChI is InChI=1S/C24H27F3N2O2/c1-15(7-3-6-10-20(30)31)22-21-18(17-8-4-5-9-19(17)28-21)13-16(2)29(22)14-23(11-12-23)24(25,26)27/h4-6,8-10,16,22,28H,1,3,7,11-14H2,2H3,(H,30,31)/b10-6+. The van der Waals surface area contributed by atoms with Crippen LogP contribution in [0.1, 0.15) is 49.9 Å². The Morgan fingerprint density at radius 3 is 2.71 bits per heavy atom. The highest BCUT2D eigenvalue weighted by molar-refractivity contribution is 5.85. The number of nitrogens with zero attached hydrogens (tertiary/aromatic N) is 1. The van der Waals surface area contributed by atoms with Crippen LogP contribution in [0.25, 0.3) is 10.9 Å². The quantitative estimate of drug-likeness (QED) is 0.431. The first-order valence-electron chi connectivity index (χ1n) is 10.6. The predicted octanol–water partition coefficient (Wildman–Crippen LogP) is 5.78. The van der Waals surface area contributed by atoms with Gasteiger partial charge >= 0.3 is 12.1 Å². The average molecular weight is 432 g/mol. The van der Waals surface area contributed by atoms with Crippen LogP contribution in [-0.4, -0.2) is 39.7 Å². The fourth-order valence-electron chi connectivity index (χ4n) is 4.81. The van der Waals surface area contributed by atoms with Crippen LogP contribution in [0.15, 0.2) is 48.6 Å². The Kier molecular flexibility index (Phi) is 5.50. The molecule has 2 aromatic rings. The number of carboxylic acids is 1. The van der Waals surface area contributed by atoms with E-state index in [0.717, 1.165) is 33.8 Å². The smallest absolute Gasteiger partial charge is 0.395 e. The number of nitrogens with one attached hydrogen (secondary N) is 1. The van der Waals surface area contributed by atoms with Gasteiger partial charge in [0.05, 0.1) is 11.5 Å². The summed E-state index contributed by atoms with van der Waals surface area (Å²) in [5.74, 6) is -1.02. The van der Waals surface area contributed by atoms with Gasteiger partial charge in [0.1, 0.15) is 0 Å². The molecule has 0 spiro atoms. The number of H-pyrrole nitrogens is 1. The Balaban J connectivity index is 1.69. The first-order valence-corrected chi connectivity index (χ1v) is 10.6. The topological polar surface area (TPSA) is 56.3 Å². The van der Waals surface area contributed by atoms with Gasteiger partial charge in [-0.25, -0.2) is 4.79 Å². The molecule has 0 bridgehead atoms. The molecular formula is C24H27F3N2O2. The Bertz CT molecular complexity index is 1030. The van der Waals surface area contributed by atoms with Crippen molar-refractivity contribution in [2.75, 3.05) is 6.54 Å². The summed E-state index contributed by atoms with van der Waals surface area (Å²) in [5, 5.41) is 9.90. The van der Waals surface area contributed by atoms with Crippen molar-refractivity contribution in [2.24, 2.45) is 5.41 Å². The van der Waals surface area contributed by atoms with E-state index in [9.17, 15) is 18.0 Å². The summed E-state index contributed by atoms with van der Waals surface area (Å²) in [6.07, 6.45) is 0.425. The van der Waals surface area contributed by atoms with Crippen LogP contribution >= 0.6 is 0 Å². The lowest BCUT2D eigenvalue weighted by Crippen LogP contribution is -2.48. The highest BCUT2D eigenvalue weighted by atomic mass is 19.4. The molecule has 1 aliphatic heterocycles. The lowest BCUT2D eigenvalue weighted by molar-refractivity contribution is -0.194. The van der Waals surface area contributed by atoms with E-state index in [0.29, 0.717) is 19.3 Å². The maximum atomic E-state index is 13.8. The van der Waals surface area contributed by atoms with Gasteiger partial charge < -0.3 is 10.1 Å². The maximum Gasteiger partial charge on any atom is 0.395 e. The van der Waals surface area contributed by atoms with Gasteiger partial charge in [0, 0.05) is 35.3 Å². The van der Waals surface area contributed by atoms with Crippen LogP contribution in [0.4, 0.5) is 13.2 Å². The summed E-state index contributed by atoms with van der Waals surface area (Å²) in [7, 11) is 0. The number of hydrogen-bond donors (Lipinski definition) is 2. The van der Waals surface area contributed by atoms with Crippen molar-refractivity contribution < 1.29 is 23.1 Å². The zero-order valence-electron chi connectivity index (χ0n) is 17.5. The Morgan fingerprint density at radius 2 is 2.06 bits per heavy atom. The van der Waals surface area contributed by atoms with Gasteiger partial charge in [0.25, 0.3) is 0 Å². The molecule has 4 rings (SSSR count). The van der Waals surface area contributed by atoms with Gasteiger partial charge in [-0.15, -0.1) is 0 Å². The third kappa shape index (κ3) is 4.03. The first-order chi connectivity index (χ1) is 14.6. The number of alkyl halides is 3. The summed E-state index contributed by atoms with van der Waals surface area (Å²) in [6.45, 7) is 6.18. The van der Waals surface area contributed by atoms with Crippen LogP contribution in [0.3, 0.4) is 0 Å². The number of rotatable bonds is 7. The Hall–Kier alpha value is -2.54. The number of aromatic amines is 1. The van der Waals surface area contributed by atoms with Gasteiger partial charge in [0.2, 0.25) is 0 Å². The minimum atomic E-state index is -4.22. The van der Waals surface area contributed by atoms with Crippen molar-refractivity contribution in [1.29, 1.82) is 0 Å². The minimum absolute atomic E-state index is 0.0406. The monoisotopic (exact) mass is 432 g/mol. The van der Waals surface area contributed by atoms with Gasteiger partial charge in [-0.3, -0.25) is 4.90 Å². The van der Waals surface area contributed by atoms with Crippen LogP contribution in [-0.2, 0) is 11.2 Å². The van der Waals surface area contributed by atoms with E-state index in [-0.39, 0.29) is 31.5 Å². The number of benzene rings is 1. The number of hydrogen-bond acceptors (Lipinski definition) is 2. The zero-order chi connectivity index (χ0) is 22.4. The molecule has 2 heterocycles. The number of aromatic nitrogens is 1. The second kappa shape index (κ2) is 7.86. The Morgan fingerprint density at radius 1 is 1.35 bits per heavy atom. The van der Waals surface area contributed by atoms with E-state index in [4.69, 9.17) is 5.11 Å². The molecule has 1 aromatic heterocycles. The molecule has 0 saturated heterocycles. The van der Waals surface area contributed by atoms with Crippen molar-refractivity contribution in [3.05, 3.63) is 59.8 Å². The normalized spacial score (nSPS) is 23.2. The zero-order valence-corrected chi connectivity index (χ0v) is 17.5. The van der Waals surface area contributed by atoms with Crippen molar-refractivity contribution >= 4 is 16.9 Å². The molecule has 166 valence electrons. The highest BCUT2D eigenvalue weighted by Crippen LogP contribution is 2.59. The number of allylic oxidation sites excluding steroid dienone is 1. The van der Waals surface area contributed by atoms with Crippen molar-refractivity contribution in [2.45, 2.75) is 57.3 Å². The largest absolute Gasteiger partial charge is 0.478 e. The van der Waals surface area contributed by atoms with E-state index in [1.165, 1.54) is 0 Å². The fraction of sp³-hybridized carbons (Fsp3) is 0.458. The lowest BCUT2D eigenvalue weighted by atomic mass is 9.86. The molecule has 2 atom stereocenters. The summed E-state index contributed by atoms with van der Waals surface area (Å²) in [6, 6.07) is 7.51. The summed E-state index contributed by atoms with van der Waals surface area (Å²) in [5.41, 5.74) is 2.20. The number of fused-ring (bicyclic) bond motifs is 3. The second-order valence-corrected chi connectivity index (χ2v) is 8.91. The molecule has 2 unspecified atom stereocenters. The van der Waals surface area contributed by atoms with Gasteiger partial charge in [0.15, 0.2) is 0 Å². The van der Waals surface area contributed by atoms with E-state index in [2.05, 4.69) is 11.6 Å². The van der Waals surface area contributed by atoms with Crippen molar-refractivity contribution in [3.8, 4) is 0 Å². The average Bonchev–Trinajstić information content (AvgIpc) is 3.41. The highest BCUT2D eigenvalue weighted by Gasteiger charge is 2.64. The third-order valence-corrected chi connectivity index (χ3v) is 6.74. The molecule has 1 aliphatic carbocycles. The third-order valence-electron chi connectivity index (χ3n) is 6.74. The van der Waals surface area contributed by atoms with Gasteiger partial charge in [-0.2, -0.15) is 13.2 Å². The van der Waals surface area contributed by atoms with E-state index in [1.54, 1.807) is 6.08 Å². The van der Waals surface area contributed by atoms with Crippen molar-refractivity contribution in [3.63, 3.8) is 0 Å². The molecule has 1 fully saturated rings. The number of aliphatic carboxylic acids is 1. The maximum absolute atomic E-state index is 13.8. The van der Waals surface area contributed by atoms with Crippen LogP contribution in [0.2, 0.25) is 0 Å². The van der Waals surface area contributed by atoms with Gasteiger partial charge in [-0.05, 0) is 50.7 Å². The van der Waals surface area contributed by atoms with E-state index < -0.39 is 17.6 Å². The fourth-order valence-corrected chi connectivity index (χ4v) is 4.81. The minimum Gasteiger partial charge on any atom is -0.478 e. The number of halogens is 3. The summed E-state index contributed by atoms with van der Waals surface area (Å²) < 4.78 is 41.3. The molecule has 31 heavy (non-hydrogen) atoms. The molecule has 1 saturated carbocycles. The van der Waals surface area contributed by atoms with Crippen molar-refractivity contribution in [1.82, 2.24) is 9.88 Å². The van der Waals surface area contributed by atoms with E-state index in [1.807, 2.05) is 36.1 Å². The van der Waals surface area contributed by atoms with E-state index >= 15 is 0 Å². The van der Waals surface area contributed by atoms with Crippen LogP contribution in [0.5, 0.6) is 0 Å². The number of carbonyl (C=O) groups is 1. The van der Waals surface area contributed by atoms with Gasteiger partial charge in [-0.1, -0.05) is 36.4 Å². The lowest BCUT2D eigenvalue weighted by Gasteiger charge is -2.43. The SMILES string of the molecule is C=C(CC/C=C/C(=O)O)C1c2[nH]c3ccccc3c2CC(C)N1CC1(C(F)(F)F)CC1. The molecule has 1 aromatic carbocycles. The molecule has 7 heteroatoms. The molecule has 2 N–H and O–H groups in total. The molecule has 2 aliphatic rings. The number of carboxylic acid groups (broad SMARTS) is 1. The molecular weight excluding hydrogens is 405 g/mol. The summed E-state index contributed by atoms with van der Waals surface area (Å²) >= 11 is 0. The first kappa shape index (κ1) is 21.7. The molecule has 0 radical (unpaired) electrons.